The fraction of sp³-hybridized carbons (Fsp3) is 0.278. The Labute approximate surface area is 140 Å². The minimum atomic E-state index is -1.08. The van der Waals surface area contributed by atoms with Crippen molar-refractivity contribution in [2.45, 2.75) is 19.6 Å². The van der Waals surface area contributed by atoms with E-state index in [4.69, 9.17) is 18.9 Å². The van der Waals surface area contributed by atoms with E-state index in [1.165, 1.54) is 19.2 Å². The molecule has 2 aromatic rings. The molecule has 0 unspecified atom stereocenters. The summed E-state index contributed by atoms with van der Waals surface area (Å²) in [6.45, 7) is 3.45. The van der Waals surface area contributed by atoms with Crippen molar-refractivity contribution >= 4 is 5.97 Å². The lowest BCUT2D eigenvalue weighted by Gasteiger charge is -2.25. The van der Waals surface area contributed by atoms with Crippen LogP contribution >= 0.6 is 0 Å². The molecular weight excluding hydrogens is 312 g/mol. The van der Waals surface area contributed by atoms with Gasteiger partial charge < -0.3 is 24.1 Å². The lowest BCUT2D eigenvalue weighted by molar-refractivity contribution is -0.134. The van der Waals surface area contributed by atoms with E-state index in [0.717, 1.165) is 0 Å². The number of aromatic carboxylic acids is 1. The van der Waals surface area contributed by atoms with Gasteiger partial charge in [-0.05, 0) is 24.3 Å². The van der Waals surface area contributed by atoms with Gasteiger partial charge in [0.2, 0.25) is 5.79 Å². The molecule has 2 aromatic carbocycles. The van der Waals surface area contributed by atoms with Crippen molar-refractivity contribution in [2.24, 2.45) is 0 Å². The van der Waals surface area contributed by atoms with Crippen LogP contribution in [0.25, 0.3) is 0 Å². The summed E-state index contributed by atoms with van der Waals surface area (Å²) in [4.78, 5) is 11.3. The highest BCUT2D eigenvalue weighted by atomic mass is 16.7. The summed E-state index contributed by atoms with van der Waals surface area (Å²) in [6, 6.07) is 11.5. The first-order valence-corrected chi connectivity index (χ1v) is 7.27. The van der Waals surface area contributed by atoms with Crippen LogP contribution in [0.3, 0.4) is 0 Å². The van der Waals surface area contributed by atoms with Crippen molar-refractivity contribution in [2.75, 3.05) is 14.2 Å². The average Bonchev–Trinajstić information content (AvgIpc) is 2.54. The first-order chi connectivity index (χ1) is 11.3. The maximum atomic E-state index is 11.3. The first-order valence-electron chi connectivity index (χ1n) is 7.27. The van der Waals surface area contributed by atoms with Crippen molar-refractivity contribution in [1.82, 2.24) is 0 Å². The van der Waals surface area contributed by atoms with Gasteiger partial charge in [-0.2, -0.15) is 0 Å². The molecule has 0 aromatic heterocycles. The van der Waals surface area contributed by atoms with Crippen LogP contribution in [-0.4, -0.2) is 31.1 Å². The maximum absolute atomic E-state index is 11.3. The highest BCUT2D eigenvalue weighted by Crippen LogP contribution is 2.31. The van der Waals surface area contributed by atoms with Crippen LogP contribution in [0.1, 0.15) is 24.2 Å². The van der Waals surface area contributed by atoms with Gasteiger partial charge in [0, 0.05) is 33.1 Å². The number of methoxy groups -OCH3 is 2. The number of benzene rings is 2. The van der Waals surface area contributed by atoms with Crippen LogP contribution in [0.5, 0.6) is 23.0 Å². The molecule has 6 heteroatoms. The molecule has 128 valence electrons. The summed E-state index contributed by atoms with van der Waals surface area (Å²) in [6.07, 6.45) is 0. The normalized spacial score (nSPS) is 11.0. The molecule has 0 aliphatic heterocycles. The Morgan fingerprint density at radius 2 is 1.58 bits per heavy atom. The van der Waals surface area contributed by atoms with Gasteiger partial charge in [0.05, 0.1) is 12.7 Å². The molecule has 0 saturated heterocycles. The average molecular weight is 332 g/mol. The van der Waals surface area contributed by atoms with Crippen LogP contribution in [0.2, 0.25) is 0 Å². The largest absolute Gasteiger partial charge is 0.497 e. The molecule has 0 fully saturated rings. The van der Waals surface area contributed by atoms with E-state index in [1.54, 1.807) is 51.3 Å². The first kappa shape index (κ1) is 17.6. The molecular formula is C18H20O6. The monoisotopic (exact) mass is 332 g/mol. The molecule has 0 amide bonds. The van der Waals surface area contributed by atoms with Crippen molar-refractivity contribution < 1.29 is 28.8 Å². The second-order valence-electron chi connectivity index (χ2n) is 5.49. The van der Waals surface area contributed by atoms with E-state index >= 15 is 0 Å². The Morgan fingerprint density at radius 3 is 2.21 bits per heavy atom. The zero-order valence-electron chi connectivity index (χ0n) is 14.0. The molecule has 0 spiro atoms. The predicted molar refractivity (Wildman–Crippen MR) is 88.2 cm³/mol. The van der Waals surface area contributed by atoms with Gasteiger partial charge in [-0.1, -0.05) is 6.07 Å². The molecule has 2 rings (SSSR count). The van der Waals surface area contributed by atoms with Gasteiger partial charge in [-0.15, -0.1) is 0 Å². The van der Waals surface area contributed by atoms with Gasteiger partial charge in [-0.25, -0.2) is 4.79 Å². The van der Waals surface area contributed by atoms with Gasteiger partial charge in [0.15, 0.2) is 0 Å². The fourth-order valence-electron chi connectivity index (χ4n) is 1.94. The van der Waals surface area contributed by atoms with Crippen LogP contribution in [-0.2, 0) is 4.74 Å². The molecule has 0 heterocycles. The quantitative estimate of drug-likeness (QED) is 0.774. The van der Waals surface area contributed by atoms with E-state index in [1.807, 2.05) is 0 Å². The number of carboxylic acids is 1. The van der Waals surface area contributed by atoms with Gasteiger partial charge in [0.25, 0.3) is 0 Å². The molecule has 0 saturated carbocycles. The summed E-state index contributed by atoms with van der Waals surface area (Å²) >= 11 is 0. The summed E-state index contributed by atoms with van der Waals surface area (Å²) in [5.74, 6) is -0.145. The molecule has 0 aliphatic rings. The summed E-state index contributed by atoms with van der Waals surface area (Å²) in [7, 11) is 3.07. The van der Waals surface area contributed by atoms with Crippen molar-refractivity contribution in [3.63, 3.8) is 0 Å². The van der Waals surface area contributed by atoms with Crippen LogP contribution < -0.4 is 14.2 Å². The Balaban J connectivity index is 2.34. The Hall–Kier alpha value is -2.73. The molecule has 6 nitrogen and oxygen atoms in total. The Kier molecular flexibility index (Phi) is 5.31. The molecule has 24 heavy (non-hydrogen) atoms. The van der Waals surface area contributed by atoms with E-state index < -0.39 is 11.8 Å². The standard InChI is InChI=1S/C18H20O6/c1-18(2,22-4)24-16-9-12(17(19)20)8-15(11-16)23-14-7-5-6-13(10-14)21-3/h5-11H,1-4H3,(H,19,20). The van der Waals surface area contributed by atoms with Gasteiger partial charge in [0.1, 0.15) is 23.0 Å². The smallest absolute Gasteiger partial charge is 0.335 e. The second-order valence-corrected chi connectivity index (χ2v) is 5.49. The molecule has 0 aliphatic carbocycles. The SMILES string of the molecule is COc1cccc(Oc2cc(OC(C)(C)OC)cc(C(=O)O)c2)c1. The number of hydrogen-bond donors (Lipinski definition) is 1. The number of hydrogen-bond acceptors (Lipinski definition) is 5. The maximum Gasteiger partial charge on any atom is 0.335 e. The minimum Gasteiger partial charge on any atom is -0.497 e. The third kappa shape index (κ3) is 4.63. The van der Waals surface area contributed by atoms with Crippen LogP contribution in [0.15, 0.2) is 42.5 Å². The van der Waals surface area contributed by atoms with E-state index in [0.29, 0.717) is 23.0 Å². The van der Waals surface area contributed by atoms with Crippen molar-refractivity contribution in [1.29, 1.82) is 0 Å². The lowest BCUT2D eigenvalue weighted by atomic mass is 10.2. The highest BCUT2D eigenvalue weighted by Gasteiger charge is 2.20. The zero-order chi connectivity index (χ0) is 17.7. The van der Waals surface area contributed by atoms with Gasteiger partial charge >= 0.3 is 5.97 Å². The number of rotatable bonds is 7. The topological polar surface area (TPSA) is 74.2 Å². The van der Waals surface area contributed by atoms with Crippen molar-refractivity contribution in [3.05, 3.63) is 48.0 Å². The predicted octanol–water partition coefficient (Wildman–Crippen LogP) is 3.95. The van der Waals surface area contributed by atoms with Gasteiger partial charge in [-0.3, -0.25) is 0 Å². The highest BCUT2D eigenvalue weighted by molar-refractivity contribution is 5.88. The molecule has 0 radical (unpaired) electrons. The minimum absolute atomic E-state index is 0.0531. The van der Waals surface area contributed by atoms with Crippen molar-refractivity contribution in [3.8, 4) is 23.0 Å². The Bertz CT molecular complexity index is 723. The van der Waals surface area contributed by atoms with Crippen LogP contribution in [0.4, 0.5) is 0 Å². The summed E-state index contributed by atoms with van der Waals surface area (Å²) < 4.78 is 21.8. The second kappa shape index (κ2) is 7.23. The number of carbonyl (C=O) groups is 1. The lowest BCUT2D eigenvalue weighted by Crippen LogP contribution is -2.30. The number of ether oxygens (including phenoxy) is 4. The Morgan fingerprint density at radius 1 is 0.958 bits per heavy atom. The summed E-state index contributed by atoms with van der Waals surface area (Å²) in [5, 5.41) is 9.28. The molecule has 0 bridgehead atoms. The number of carboxylic acid groups (broad SMARTS) is 1. The van der Waals surface area contributed by atoms with E-state index in [2.05, 4.69) is 0 Å². The third-order valence-corrected chi connectivity index (χ3v) is 3.26. The fourth-order valence-corrected chi connectivity index (χ4v) is 1.94. The third-order valence-electron chi connectivity index (χ3n) is 3.26. The summed E-state index contributed by atoms with van der Waals surface area (Å²) in [5.41, 5.74) is 0.0531. The van der Waals surface area contributed by atoms with E-state index in [9.17, 15) is 9.90 Å². The zero-order valence-corrected chi connectivity index (χ0v) is 14.0. The molecule has 0 atom stereocenters. The van der Waals surface area contributed by atoms with Crippen LogP contribution in [0, 0.1) is 0 Å². The van der Waals surface area contributed by atoms with E-state index in [-0.39, 0.29) is 5.56 Å². The molecule has 1 N–H and O–H groups in total.